The number of rotatable bonds is 0. The average molecular weight is 501 g/mol. The first-order chi connectivity index (χ1) is 8.49. The van der Waals surface area contributed by atoms with Crippen LogP contribution in [0, 0.1) is 60.7 Å². The molecule has 0 heterocycles. The fourth-order valence-corrected chi connectivity index (χ4v) is 0. The molecule has 0 bridgehead atoms. The van der Waals surface area contributed by atoms with Crippen molar-refractivity contribution in [1.82, 2.24) is 0 Å². The first-order valence-corrected chi connectivity index (χ1v) is 2.19. The summed E-state index contributed by atoms with van der Waals surface area (Å²) in [5.41, 5.74) is 0. The van der Waals surface area contributed by atoms with Gasteiger partial charge < -0.3 is 60.7 Å². The van der Waals surface area contributed by atoms with Crippen LogP contribution in [0.4, 0.5) is 0 Å². The van der Waals surface area contributed by atoms with E-state index in [1.54, 1.807) is 0 Å². The van der Waals surface area contributed by atoms with Crippen LogP contribution in [0.3, 0.4) is 0 Å². The van der Waals surface area contributed by atoms with Crippen molar-refractivity contribution in [2.75, 3.05) is 0 Å². The minimum Gasteiger partial charge on any atom is -0.444 e. The molecular formula is CoK2N6O12Sr-2. The molecule has 0 atom stereocenters. The molecule has 0 spiro atoms. The van der Waals surface area contributed by atoms with Crippen LogP contribution in [0.5, 0.6) is 0 Å². The predicted octanol–water partition coefficient (Wildman–Crippen LogP) is -4.87. The monoisotopic (exact) mass is 501 g/mol. The van der Waals surface area contributed by atoms with Gasteiger partial charge in [0.1, 0.15) is 0 Å². The minimum absolute atomic E-state index is 0. The molecular weight excluding hydrogens is 501 g/mol. The van der Waals surface area contributed by atoms with E-state index in [1.165, 1.54) is 0 Å². The maximum absolute atomic E-state index is 8.00. The van der Waals surface area contributed by atoms with E-state index in [2.05, 4.69) is 0 Å². The van der Waals surface area contributed by atoms with Gasteiger partial charge in [-0.2, -0.15) is 0 Å². The zero-order valence-corrected chi connectivity index (χ0v) is 21.4. The normalized spacial score (nSPS) is 3.27. The second-order valence-electron chi connectivity index (χ2n) is 0.447. The molecule has 0 saturated carbocycles. The molecule has 0 aromatic heterocycles. The third-order valence-electron chi connectivity index (χ3n) is 0. The molecule has 0 N–H and O–H groups in total. The van der Waals surface area contributed by atoms with E-state index in [0.29, 0.717) is 0 Å². The summed E-state index contributed by atoms with van der Waals surface area (Å²) in [6, 6.07) is 0. The van der Waals surface area contributed by atoms with Gasteiger partial charge >= 0.3 is 148 Å². The number of hydrogen-bond acceptors (Lipinski definition) is 18. The van der Waals surface area contributed by atoms with E-state index in [-0.39, 0.29) is 165 Å². The van der Waals surface area contributed by atoms with Crippen LogP contribution in [0.25, 0.3) is 0 Å². The van der Waals surface area contributed by atoms with Crippen LogP contribution in [0.15, 0.2) is 32.0 Å². The fraction of sp³-hybridized carbons (Fsp3) is 0. The quantitative estimate of drug-likeness (QED) is 0.171. The van der Waals surface area contributed by atoms with Crippen molar-refractivity contribution < 1.29 is 120 Å². The Morgan fingerprint density at radius 1 is 0.409 bits per heavy atom. The molecule has 0 aromatic carbocycles. The maximum atomic E-state index is 8.00. The largest absolute Gasteiger partial charge is 2.00 e. The van der Waals surface area contributed by atoms with Gasteiger partial charge in [0, 0.05) is 16.8 Å². The van der Waals surface area contributed by atoms with E-state index in [4.69, 9.17) is 60.7 Å². The third-order valence-corrected chi connectivity index (χ3v) is 0. The smallest absolute Gasteiger partial charge is 0.444 e. The Bertz CT molecular complexity index is 129. The maximum Gasteiger partial charge on any atom is 2.00 e. The van der Waals surface area contributed by atoms with Crippen LogP contribution in [0.1, 0.15) is 0 Å². The zero-order chi connectivity index (χ0) is 16.2. The molecule has 0 aliphatic rings. The van der Waals surface area contributed by atoms with Crippen molar-refractivity contribution in [3.05, 3.63) is 60.7 Å². The average Bonchev–Trinajstić information content (AvgIpc) is 2.23. The van der Waals surface area contributed by atoms with Gasteiger partial charge in [-0.05, 0) is 0 Å². The summed E-state index contributed by atoms with van der Waals surface area (Å²) in [7, 11) is 0. The Hall–Kier alpha value is 1.66. The molecule has 22 heteroatoms. The number of hydrogen-bond donors (Lipinski definition) is 0. The molecule has 0 aliphatic carbocycles. The Balaban J connectivity index is -0.00000000947. The summed E-state index contributed by atoms with van der Waals surface area (Å²) in [5, 5.41) is 54.0. The summed E-state index contributed by atoms with van der Waals surface area (Å²) in [5.74, 6) is 0. The summed E-state index contributed by atoms with van der Waals surface area (Å²) in [6.07, 6.45) is 0. The van der Waals surface area contributed by atoms with Gasteiger partial charge in [0.05, 0.1) is 0 Å². The molecule has 117 valence electrons. The van der Waals surface area contributed by atoms with Crippen LogP contribution >= 0.6 is 0 Å². The van der Waals surface area contributed by atoms with Crippen molar-refractivity contribution >= 4 is 45.5 Å². The van der Waals surface area contributed by atoms with Crippen LogP contribution in [0.2, 0.25) is 0 Å². The first-order valence-electron chi connectivity index (χ1n) is 2.19. The molecule has 0 saturated heterocycles. The second-order valence-corrected chi connectivity index (χ2v) is 0.447. The second kappa shape index (κ2) is 181. The van der Waals surface area contributed by atoms with E-state index >= 15 is 0 Å². The molecule has 22 heavy (non-hydrogen) atoms. The standard InChI is InChI=1S/Co.2K.6HNO2.Sr/c;;;6*2-1-3;/h;;;6*(H,2,3);/q;2*+1;;;;;;;+2/p-6. The first kappa shape index (κ1) is 65.1. The molecule has 0 aliphatic heterocycles. The van der Waals surface area contributed by atoms with Gasteiger partial charge in [0.15, 0.2) is 0 Å². The molecule has 0 unspecified atom stereocenters. The summed E-state index contributed by atoms with van der Waals surface area (Å²) in [6.45, 7) is 0. The van der Waals surface area contributed by atoms with Gasteiger partial charge in [-0.3, -0.25) is 0 Å². The summed E-state index contributed by atoms with van der Waals surface area (Å²) in [4.78, 5) is 48.0. The van der Waals surface area contributed by atoms with Gasteiger partial charge in [-0.15, -0.1) is 32.0 Å². The SMILES string of the molecule is O=N[O-].O=N[O-].O=N[O-].O=N[O-].O=N[O-].O=N[O-].[Co].[K+].[K+].[Sr+2]. The van der Waals surface area contributed by atoms with E-state index < -0.39 is 0 Å². The third kappa shape index (κ3) is 3360. The Kier molecular flexibility index (Phi) is 536. The Morgan fingerprint density at radius 2 is 0.409 bits per heavy atom. The van der Waals surface area contributed by atoms with Crippen LogP contribution in [-0.4, -0.2) is 45.5 Å². The molecule has 18 nitrogen and oxygen atoms in total. The molecule has 0 amide bonds. The van der Waals surface area contributed by atoms with E-state index in [0.717, 1.165) is 32.0 Å². The number of nitrogens with zero attached hydrogens (tertiary/aromatic N) is 6. The molecule has 1 radical (unpaired) electrons. The van der Waals surface area contributed by atoms with Crippen LogP contribution in [-0.2, 0) is 16.8 Å². The predicted molar refractivity (Wildman–Crippen MR) is 60.7 cm³/mol. The van der Waals surface area contributed by atoms with Crippen molar-refractivity contribution in [2.45, 2.75) is 0 Å². The molecule has 0 fully saturated rings. The van der Waals surface area contributed by atoms with Crippen molar-refractivity contribution in [1.29, 1.82) is 0 Å². The molecule has 0 rings (SSSR count). The van der Waals surface area contributed by atoms with Gasteiger partial charge in [0.25, 0.3) is 0 Å². The minimum atomic E-state index is 0. The fourth-order valence-electron chi connectivity index (χ4n) is 0. The van der Waals surface area contributed by atoms with Gasteiger partial charge in [-0.25, -0.2) is 0 Å². The Labute approximate surface area is 252 Å². The van der Waals surface area contributed by atoms with Crippen molar-refractivity contribution in [3.63, 3.8) is 0 Å². The van der Waals surface area contributed by atoms with Crippen molar-refractivity contribution in [2.24, 2.45) is 32.0 Å². The van der Waals surface area contributed by atoms with Gasteiger partial charge in [-0.1, -0.05) is 0 Å². The van der Waals surface area contributed by atoms with Crippen molar-refractivity contribution in [3.8, 4) is 0 Å². The molecule has 0 aromatic rings. The summed E-state index contributed by atoms with van der Waals surface area (Å²) < 4.78 is 0. The summed E-state index contributed by atoms with van der Waals surface area (Å²) >= 11 is 0. The Morgan fingerprint density at radius 3 is 0.409 bits per heavy atom. The zero-order valence-electron chi connectivity index (χ0n) is 10.6. The van der Waals surface area contributed by atoms with Gasteiger partial charge in [0.2, 0.25) is 0 Å². The van der Waals surface area contributed by atoms with E-state index in [1.807, 2.05) is 0 Å². The van der Waals surface area contributed by atoms with Crippen LogP contribution < -0.4 is 103 Å². The van der Waals surface area contributed by atoms with E-state index in [9.17, 15) is 0 Å². The topological polar surface area (TPSA) is 315 Å².